The molecule has 0 aliphatic heterocycles. The van der Waals surface area contributed by atoms with Gasteiger partial charge in [-0.1, -0.05) is 60.7 Å². The summed E-state index contributed by atoms with van der Waals surface area (Å²) in [6.45, 7) is 2.57. The van der Waals surface area contributed by atoms with Gasteiger partial charge in [0.25, 0.3) is 0 Å². The summed E-state index contributed by atoms with van der Waals surface area (Å²) >= 11 is 0. The number of anilines is 1. The van der Waals surface area contributed by atoms with Crippen LogP contribution in [0.3, 0.4) is 0 Å². The van der Waals surface area contributed by atoms with E-state index in [4.69, 9.17) is 4.74 Å². The Balaban J connectivity index is 1.36. The molecule has 0 bridgehead atoms. The number of pyridine rings is 1. The van der Waals surface area contributed by atoms with Gasteiger partial charge in [0, 0.05) is 30.1 Å². The molecule has 0 spiro atoms. The zero-order chi connectivity index (χ0) is 20.8. The average Bonchev–Trinajstić information content (AvgIpc) is 2.80. The minimum absolute atomic E-state index is 0.0651. The first-order chi connectivity index (χ1) is 14.7. The lowest BCUT2D eigenvalue weighted by atomic mass is 10.1. The van der Waals surface area contributed by atoms with Crippen molar-refractivity contribution >= 4 is 23.0 Å². The van der Waals surface area contributed by atoms with E-state index in [1.54, 1.807) is 4.90 Å². The summed E-state index contributed by atoms with van der Waals surface area (Å²) in [4.78, 5) is 17.9. The SMILES string of the molecule is CC(CCN(C=O)c1ccc(-c2ccccc2)cc1)Oc1ccc2ccccc2n1. The van der Waals surface area contributed by atoms with Crippen LogP contribution in [0.25, 0.3) is 22.0 Å². The van der Waals surface area contributed by atoms with E-state index in [-0.39, 0.29) is 6.10 Å². The zero-order valence-corrected chi connectivity index (χ0v) is 16.9. The Hall–Kier alpha value is -3.66. The minimum Gasteiger partial charge on any atom is -0.475 e. The lowest BCUT2D eigenvalue weighted by Gasteiger charge is -2.21. The average molecular weight is 396 g/mol. The molecule has 0 radical (unpaired) electrons. The molecule has 3 aromatic carbocycles. The predicted octanol–water partition coefficient (Wildman–Crippen LogP) is 5.72. The second kappa shape index (κ2) is 9.23. The summed E-state index contributed by atoms with van der Waals surface area (Å²) < 4.78 is 5.98. The molecule has 0 N–H and O–H groups in total. The van der Waals surface area contributed by atoms with Gasteiger partial charge >= 0.3 is 0 Å². The van der Waals surface area contributed by atoms with Crippen molar-refractivity contribution in [3.05, 3.63) is 91.0 Å². The van der Waals surface area contributed by atoms with Crippen molar-refractivity contribution in [3.8, 4) is 17.0 Å². The van der Waals surface area contributed by atoms with Crippen molar-refractivity contribution < 1.29 is 9.53 Å². The van der Waals surface area contributed by atoms with E-state index < -0.39 is 0 Å². The largest absolute Gasteiger partial charge is 0.475 e. The highest BCUT2D eigenvalue weighted by Gasteiger charge is 2.11. The van der Waals surface area contributed by atoms with Gasteiger partial charge in [0.2, 0.25) is 12.3 Å². The minimum atomic E-state index is -0.0651. The van der Waals surface area contributed by atoms with Gasteiger partial charge in [0.1, 0.15) is 0 Å². The third kappa shape index (κ3) is 4.66. The molecule has 4 aromatic rings. The number of amides is 1. The quantitative estimate of drug-likeness (QED) is 0.358. The van der Waals surface area contributed by atoms with Crippen molar-refractivity contribution in [3.63, 3.8) is 0 Å². The molecule has 4 rings (SSSR count). The standard InChI is InChI=1S/C26H24N2O2/c1-20(30-26-16-13-23-9-5-6-10-25(23)27-26)17-18-28(19-29)24-14-11-22(12-15-24)21-7-3-2-4-8-21/h2-16,19-20H,17-18H2,1H3. The summed E-state index contributed by atoms with van der Waals surface area (Å²) in [5, 5.41) is 1.09. The van der Waals surface area contributed by atoms with Gasteiger partial charge in [-0.05, 0) is 42.3 Å². The maximum absolute atomic E-state index is 11.7. The highest BCUT2D eigenvalue weighted by molar-refractivity contribution is 5.79. The van der Waals surface area contributed by atoms with Gasteiger partial charge in [0.05, 0.1) is 11.6 Å². The van der Waals surface area contributed by atoms with Crippen LogP contribution in [0.1, 0.15) is 13.3 Å². The van der Waals surface area contributed by atoms with Crippen molar-refractivity contribution in [2.24, 2.45) is 0 Å². The van der Waals surface area contributed by atoms with E-state index >= 15 is 0 Å². The highest BCUT2D eigenvalue weighted by Crippen LogP contribution is 2.23. The van der Waals surface area contributed by atoms with E-state index in [9.17, 15) is 4.79 Å². The summed E-state index contributed by atoms with van der Waals surface area (Å²) in [5.41, 5.74) is 4.08. The van der Waals surface area contributed by atoms with Crippen molar-refractivity contribution in [2.75, 3.05) is 11.4 Å². The van der Waals surface area contributed by atoms with Crippen LogP contribution in [0.15, 0.2) is 91.0 Å². The Morgan fingerprint density at radius 1 is 0.867 bits per heavy atom. The zero-order valence-electron chi connectivity index (χ0n) is 16.9. The third-order valence-corrected chi connectivity index (χ3v) is 5.10. The van der Waals surface area contributed by atoms with Gasteiger partial charge in [-0.3, -0.25) is 4.79 Å². The molecule has 0 saturated heterocycles. The molecule has 30 heavy (non-hydrogen) atoms. The second-order valence-electron chi connectivity index (χ2n) is 7.27. The van der Waals surface area contributed by atoms with Gasteiger partial charge in [-0.2, -0.15) is 0 Å². The van der Waals surface area contributed by atoms with Crippen LogP contribution in [0.2, 0.25) is 0 Å². The Morgan fingerprint density at radius 2 is 1.57 bits per heavy atom. The maximum Gasteiger partial charge on any atom is 0.214 e. The number of ether oxygens (including phenoxy) is 1. The van der Waals surface area contributed by atoms with Crippen LogP contribution in [0.4, 0.5) is 5.69 Å². The third-order valence-electron chi connectivity index (χ3n) is 5.10. The lowest BCUT2D eigenvalue weighted by Crippen LogP contribution is -2.27. The van der Waals surface area contributed by atoms with E-state index in [0.717, 1.165) is 34.1 Å². The van der Waals surface area contributed by atoms with Gasteiger partial charge in [0.15, 0.2) is 0 Å². The molecule has 0 aliphatic rings. The summed E-state index contributed by atoms with van der Waals surface area (Å²) in [7, 11) is 0. The Labute approximate surface area is 176 Å². The fourth-order valence-corrected chi connectivity index (χ4v) is 3.42. The van der Waals surface area contributed by atoms with E-state index in [0.29, 0.717) is 18.8 Å². The number of hydrogen-bond donors (Lipinski definition) is 0. The van der Waals surface area contributed by atoms with Gasteiger partial charge in [-0.15, -0.1) is 0 Å². The number of carbonyl (C=O) groups excluding carboxylic acids is 1. The first kappa shape index (κ1) is 19.6. The second-order valence-corrected chi connectivity index (χ2v) is 7.27. The van der Waals surface area contributed by atoms with E-state index in [1.807, 2.05) is 85.8 Å². The molecule has 1 aromatic heterocycles. The lowest BCUT2D eigenvalue weighted by molar-refractivity contribution is -0.107. The van der Waals surface area contributed by atoms with Crippen LogP contribution in [-0.4, -0.2) is 24.0 Å². The molecule has 1 unspecified atom stereocenters. The van der Waals surface area contributed by atoms with E-state index in [1.165, 1.54) is 0 Å². The molecule has 1 atom stereocenters. The summed E-state index contributed by atoms with van der Waals surface area (Å²) in [6, 6.07) is 30.1. The molecule has 0 saturated carbocycles. The van der Waals surface area contributed by atoms with Crippen LogP contribution in [0, 0.1) is 0 Å². The number of fused-ring (bicyclic) bond motifs is 1. The fraction of sp³-hybridized carbons (Fsp3) is 0.154. The number of hydrogen-bond acceptors (Lipinski definition) is 3. The number of benzene rings is 3. The summed E-state index contributed by atoms with van der Waals surface area (Å²) in [6.07, 6.45) is 1.51. The Morgan fingerprint density at radius 3 is 2.33 bits per heavy atom. The number of para-hydroxylation sites is 1. The fourth-order valence-electron chi connectivity index (χ4n) is 3.42. The number of aromatic nitrogens is 1. The van der Waals surface area contributed by atoms with E-state index in [2.05, 4.69) is 17.1 Å². The molecule has 0 fully saturated rings. The molecule has 4 heteroatoms. The molecule has 1 amide bonds. The number of carbonyl (C=O) groups is 1. The van der Waals surface area contributed by atoms with Crippen LogP contribution in [0.5, 0.6) is 5.88 Å². The molecule has 4 nitrogen and oxygen atoms in total. The van der Waals surface area contributed by atoms with Crippen LogP contribution >= 0.6 is 0 Å². The maximum atomic E-state index is 11.7. The van der Waals surface area contributed by atoms with Crippen molar-refractivity contribution in [1.29, 1.82) is 0 Å². The van der Waals surface area contributed by atoms with Crippen LogP contribution < -0.4 is 9.64 Å². The number of nitrogens with zero attached hydrogens (tertiary/aromatic N) is 2. The summed E-state index contributed by atoms with van der Waals surface area (Å²) in [5.74, 6) is 0.603. The molecular weight excluding hydrogens is 372 g/mol. The Bertz CT molecular complexity index is 1110. The number of rotatable bonds is 8. The predicted molar refractivity (Wildman–Crippen MR) is 122 cm³/mol. The Kier molecular flexibility index (Phi) is 6.04. The first-order valence-electron chi connectivity index (χ1n) is 10.1. The topological polar surface area (TPSA) is 42.4 Å². The van der Waals surface area contributed by atoms with Gasteiger partial charge in [-0.25, -0.2) is 4.98 Å². The first-order valence-corrected chi connectivity index (χ1v) is 10.1. The molecule has 1 heterocycles. The van der Waals surface area contributed by atoms with Crippen molar-refractivity contribution in [1.82, 2.24) is 4.98 Å². The van der Waals surface area contributed by atoms with Crippen LogP contribution in [-0.2, 0) is 4.79 Å². The monoisotopic (exact) mass is 396 g/mol. The van der Waals surface area contributed by atoms with Crippen molar-refractivity contribution in [2.45, 2.75) is 19.4 Å². The van der Waals surface area contributed by atoms with Gasteiger partial charge < -0.3 is 9.64 Å². The normalized spacial score (nSPS) is 11.8. The smallest absolute Gasteiger partial charge is 0.214 e. The molecule has 150 valence electrons. The molecule has 0 aliphatic carbocycles. The highest BCUT2D eigenvalue weighted by atomic mass is 16.5. The molecular formula is C26H24N2O2.